The molecule has 0 rings (SSSR count). The highest BCUT2D eigenvalue weighted by atomic mass is 16.5. The molecular formula is C13H31NO. The fraction of sp³-hybridized carbons (Fsp3) is 1.00. The largest absolute Gasteiger partial charge is 0.383 e. The lowest BCUT2D eigenvalue weighted by Crippen LogP contribution is -2.32. The Morgan fingerprint density at radius 2 is 1.60 bits per heavy atom. The van der Waals surface area contributed by atoms with Crippen LogP contribution in [-0.4, -0.2) is 38.3 Å². The van der Waals surface area contributed by atoms with Crippen molar-refractivity contribution in [3.63, 3.8) is 0 Å². The molecule has 0 aromatic heterocycles. The van der Waals surface area contributed by atoms with Crippen molar-refractivity contribution in [3.8, 4) is 0 Å². The van der Waals surface area contributed by atoms with Gasteiger partial charge in [-0.05, 0) is 32.7 Å². The predicted octanol–water partition coefficient (Wildman–Crippen LogP) is 3.42. The fourth-order valence-corrected chi connectivity index (χ4v) is 1.25. The minimum atomic E-state index is 0.678. The molecule has 1 atom stereocenters. The zero-order chi connectivity index (χ0) is 12.3. The Morgan fingerprint density at radius 3 is 2.00 bits per heavy atom. The summed E-state index contributed by atoms with van der Waals surface area (Å²) in [4.78, 5) is 2.37. The van der Waals surface area contributed by atoms with Crippen molar-refractivity contribution >= 4 is 0 Å². The van der Waals surface area contributed by atoms with Crippen molar-refractivity contribution in [1.29, 1.82) is 0 Å². The highest BCUT2D eigenvalue weighted by molar-refractivity contribution is 4.63. The third-order valence-corrected chi connectivity index (χ3v) is 2.56. The Labute approximate surface area is 97.0 Å². The predicted molar refractivity (Wildman–Crippen MR) is 69.4 cm³/mol. The van der Waals surface area contributed by atoms with E-state index >= 15 is 0 Å². The molecule has 0 aromatic carbocycles. The molecule has 0 saturated heterocycles. The molecule has 0 aliphatic rings. The van der Waals surface area contributed by atoms with Crippen molar-refractivity contribution < 1.29 is 4.74 Å². The van der Waals surface area contributed by atoms with Crippen LogP contribution in [0.1, 0.15) is 47.5 Å². The van der Waals surface area contributed by atoms with Gasteiger partial charge in [0.2, 0.25) is 0 Å². The Bertz CT molecular complexity index is 115. The van der Waals surface area contributed by atoms with Crippen molar-refractivity contribution in [2.24, 2.45) is 5.92 Å². The average Bonchev–Trinajstić information content (AvgIpc) is 2.25. The van der Waals surface area contributed by atoms with E-state index in [0.29, 0.717) is 6.04 Å². The van der Waals surface area contributed by atoms with Gasteiger partial charge in [-0.15, -0.1) is 0 Å². The summed E-state index contributed by atoms with van der Waals surface area (Å²) < 4.78 is 5.05. The molecule has 0 aliphatic carbocycles. The summed E-state index contributed by atoms with van der Waals surface area (Å²) in [5, 5.41) is 0. The Kier molecular flexibility index (Phi) is 13.8. The fourth-order valence-electron chi connectivity index (χ4n) is 1.25. The molecule has 2 heteroatoms. The van der Waals surface area contributed by atoms with Crippen LogP contribution in [0, 0.1) is 5.92 Å². The third-order valence-electron chi connectivity index (χ3n) is 2.56. The molecule has 0 aliphatic heterocycles. The Hall–Kier alpha value is -0.0800. The second-order valence-corrected chi connectivity index (χ2v) is 4.29. The molecule has 0 aromatic rings. The third kappa shape index (κ3) is 11.8. The van der Waals surface area contributed by atoms with Crippen LogP contribution < -0.4 is 0 Å². The van der Waals surface area contributed by atoms with Crippen molar-refractivity contribution in [2.75, 3.05) is 27.3 Å². The van der Waals surface area contributed by atoms with Gasteiger partial charge in [-0.1, -0.05) is 27.7 Å². The van der Waals surface area contributed by atoms with Gasteiger partial charge >= 0.3 is 0 Å². The van der Waals surface area contributed by atoms with Gasteiger partial charge in [0.25, 0.3) is 0 Å². The van der Waals surface area contributed by atoms with Crippen LogP contribution >= 0.6 is 0 Å². The molecule has 0 spiro atoms. The quantitative estimate of drug-likeness (QED) is 0.648. The Morgan fingerprint density at radius 1 is 1.07 bits per heavy atom. The molecule has 0 saturated carbocycles. The van der Waals surface area contributed by atoms with Crippen LogP contribution in [0.3, 0.4) is 0 Å². The molecule has 0 radical (unpaired) electrons. The lowest BCUT2D eigenvalue weighted by molar-refractivity contribution is 0.138. The highest BCUT2D eigenvalue weighted by Gasteiger charge is 2.08. The van der Waals surface area contributed by atoms with E-state index in [0.717, 1.165) is 19.1 Å². The number of rotatable bonds is 7. The second kappa shape index (κ2) is 12.0. The molecular weight excluding hydrogens is 186 g/mol. The normalized spacial score (nSPS) is 12.6. The van der Waals surface area contributed by atoms with Crippen LogP contribution in [-0.2, 0) is 4.74 Å². The molecule has 1 unspecified atom stereocenters. The monoisotopic (exact) mass is 217 g/mol. The van der Waals surface area contributed by atoms with Gasteiger partial charge in [0.05, 0.1) is 6.61 Å². The smallest absolute Gasteiger partial charge is 0.0589 e. The van der Waals surface area contributed by atoms with Gasteiger partial charge in [-0.25, -0.2) is 0 Å². The summed E-state index contributed by atoms with van der Waals surface area (Å²) in [6, 6.07) is 0.678. The first-order valence-electron chi connectivity index (χ1n) is 6.27. The molecule has 0 heterocycles. The molecule has 2 nitrogen and oxygen atoms in total. The number of hydrogen-bond donors (Lipinski definition) is 0. The van der Waals surface area contributed by atoms with E-state index in [1.54, 1.807) is 7.11 Å². The topological polar surface area (TPSA) is 12.5 Å². The van der Waals surface area contributed by atoms with Crippen molar-refractivity contribution in [3.05, 3.63) is 0 Å². The number of nitrogens with zero attached hydrogens (tertiary/aromatic N) is 1. The van der Waals surface area contributed by atoms with E-state index in [1.807, 2.05) is 13.8 Å². The summed E-state index contributed by atoms with van der Waals surface area (Å²) in [7, 11) is 3.93. The standard InChI is InChI=1S/C11H25NO.C2H6/c1-10(2)6-7-11(3)12(4)8-9-13-5;1-2/h10-11H,6-9H2,1-5H3;1-2H3. The minimum Gasteiger partial charge on any atom is -0.383 e. The van der Waals surface area contributed by atoms with E-state index in [9.17, 15) is 0 Å². The van der Waals surface area contributed by atoms with Gasteiger partial charge in [0.1, 0.15) is 0 Å². The van der Waals surface area contributed by atoms with Crippen LogP contribution in [0.2, 0.25) is 0 Å². The lowest BCUT2D eigenvalue weighted by Gasteiger charge is -2.24. The van der Waals surface area contributed by atoms with Gasteiger partial charge in [-0.2, -0.15) is 0 Å². The zero-order valence-corrected chi connectivity index (χ0v) is 11.8. The van der Waals surface area contributed by atoms with E-state index in [1.165, 1.54) is 12.8 Å². The van der Waals surface area contributed by atoms with Gasteiger partial charge < -0.3 is 9.64 Å². The lowest BCUT2D eigenvalue weighted by atomic mass is 10.0. The molecule has 94 valence electrons. The molecule has 15 heavy (non-hydrogen) atoms. The number of hydrogen-bond acceptors (Lipinski definition) is 2. The van der Waals surface area contributed by atoms with Crippen LogP contribution in [0.15, 0.2) is 0 Å². The SMILES string of the molecule is CC.COCCN(C)C(C)CCC(C)C. The first kappa shape index (κ1) is 17.3. The first-order chi connectivity index (χ1) is 7.07. The van der Waals surface area contributed by atoms with Crippen molar-refractivity contribution in [2.45, 2.75) is 53.5 Å². The van der Waals surface area contributed by atoms with Gasteiger partial charge in [-0.3, -0.25) is 0 Å². The number of methoxy groups -OCH3 is 1. The molecule has 0 amide bonds. The van der Waals surface area contributed by atoms with E-state index in [4.69, 9.17) is 4.74 Å². The maximum atomic E-state index is 5.05. The zero-order valence-electron chi connectivity index (χ0n) is 11.8. The molecule has 0 bridgehead atoms. The highest BCUT2D eigenvalue weighted by Crippen LogP contribution is 2.10. The summed E-state index contributed by atoms with van der Waals surface area (Å²) in [5.74, 6) is 0.818. The van der Waals surface area contributed by atoms with Gasteiger partial charge in [0.15, 0.2) is 0 Å². The van der Waals surface area contributed by atoms with Crippen molar-refractivity contribution in [1.82, 2.24) is 4.90 Å². The first-order valence-corrected chi connectivity index (χ1v) is 6.27. The second-order valence-electron chi connectivity index (χ2n) is 4.29. The molecule has 0 fully saturated rings. The minimum absolute atomic E-state index is 0.678. The van der Waals surface area contributed by atoms with Gasteiger partial charge in [0, 0.05) is 19.7 Å². The van der Waals surface area contributed by atoms with Crippen LogP contribution in [0.25, 0.3) is 0 Å². The van der Waals surface area contributed by atoms with Crippen LogP contribution in [0.5, 0.6) is 0 Å². The summed E-state index contributed by atoms with van der Waals surface area (Å²) in [6.45, 7) is 12.7. The number of likely N-dealkylation sites (N-methyl/N-ethyl adjacent to an activating group) is 1. The number of ether oxygens (including phenoxy) is 1. The Balaban J connectivity index is 0. The maximum absolute atomic E-state index is 5.05. The van der Waals surface area contributed by atoms with E-state index in [2.05, 4.69) is 32.7 Å². The summed E-state index contributed by atoms with van der Waals surface area (Å²) in [6.07, 6.45) is 2.61. The summed E-state index contributed by atoms with van der Waals surface area (Å²) >= 11 is 0. The van der Waals surface area contributed by atoms with Crippen LogP contribution in [0.4, 0.5) is 0 Å². The average molecular weight is 217 g/mol. The molecule has 0 N–H and O–H groups in total. The maximum Gasteiger partial charge on any atom is 0.0589 e. The van der Waals surface area contributed by atoms with E-state index in [-0.39, 0.29) is 0 Å². The summed E-state index contributed by atoms with van der Waals surface area (Å²) in [5.41, 5.74) is 0. The van der Waals surface area contributed by atoms with E-state index < -0.39 is 0 Å².